The quantitative estimate of drug-likeness (QED) is 0.125. The Balaban J connectivity index is 1.21. The van der Waals surface area contributed by atoms with Crippen molar-refractivity contribution in [2.75, 3.05) is 33.1 Å². The normalized spacial score (nSPS) is 10.8. The van der Waals surface area contributed by atoms with E-state index in [0.29, 0.717) is 34.1 Å². The van der Waals surface area contributed by atoms with Gasteiger partial charge in [0.2, 0.25) is 0 Å². The van der Waals surface area contributed by atoms with Crippen LogP contribution in [-0.2, 0) is 9.47 Å². The first-order chi connectivity index (χ1) is 19.5. The Hall–Kier alpha value is -4.92. The molecule has 0 saturated carbocycles. The van der Waals surface area contributed by atoms with E-state index in [2.05, 4.69) is 5.32 Å². The third kappa shape index (κ3) is 6.37. The zero-order valence-electron chi connectivity index (χ0n) is 22.0. The minimum atomic E-state index is -0.481. The third-order valence-electron chi connectivity index (χ3n) is 6.13. The molecule has 40 heavy (non-hydrogen) atoms. The first-order valence-corrected chi connectivity index (χ1v) is 12.5. The van der Waals surface area contributed by atoms with E-state index in [-0.39, 0.29) is 19.5 Å². The fourth-order valence-electron chi connectivity index (χ4n) is 4.12. The summed E-state index contributed by atoms with van der Waals surface area (Å²) in [6.45, 7) is 0.328. The molecule has 5 aromatic carbocycles. The SMILES string of the molecule is COCOc1ccc2cc(C(=O)Nc3ccc(OC(=O)c4ccc5cc(OCOC)ccc5c4)cc3)ccc2c1. The van der Waals surface area contributed by atoms with Crippen LogP contribution in [-0.4, -0.2) is 39.7 Å². The fraction of sp³-hybridized carbons (Fsp3) is 0.125. The molecule has 0 heterocycles. The Bertz CT molecular complexity index is 1540. The predicted molar refractivity (Wildman–Crippen MR) is 152 cm³/mol. The Kier molecular flexibility index (Phi) is 8.20. The van der Waals surface area contributed by atoms with Crippen LogP contribution in [0.2, 0.25) is 0 Å². The predicted octanol–water partition coefficient (Wildman–Crippen LogP) is 6.43. The van der Waals surface area contributed by atoms with Crippen LogP contribution in [0.1, 0.15) is 20.7 Å². The van der Waals surface area contributed by atoms with Crippen LogP contribution >= 0.6 is 0 Å². The largest absolute Gasteiger partial charge is 0.468 e. The number of methoxy groups -OCH3 is 2. The van der Waals surface area contributed by atoms with Gasteiger partial charge in [0.1, 0.15) is 17.2 Å². The molecule has 0 aliphatic heterocycles. The summed E-state index contributed by atoms with van der Waals surface area (Å²) in [5, 5.41) is 6.54. The van der Waals surface area contributed by atoms with E-state index in [4.69, 9.17) is 23.7 Å². The highest BCUT2D eigenvalue weighted by Gasteiger charge is 2.12. The molecule has 1 N–H and O–H groups in total. The summed E-state index contributed by atoms with van der Waals surface area (Å²) in [5.41, 5.74) is 1.51. The number of amides is 1. The van der Waals surface area contributed by atoms with Crippen molar-refractivity contribution in [2.24, 2.45) is 0 Å². The van der Waals surface area contributed by atoms with Gasteiger partial charge in [0.25, 0.3) is 5.91 Å². The maximum atomic E-state index is 12.8. The number of anilines is 1. The van der Waals surface area contributed by atoms with Crippen molar-refractivity contribution in [1.82, 2.24) is 0 Å². The summed E-state index contributed by atoms with van der Waals surface area (Å²) in [6, 6.07) is 28.6. The zero-order valence-corrected chi connectivity index (χ0v) is 22.0. The topological polar surface area (TPSA) is 92.3 Å². The number of hydrogen-bond acceptors (Lipinski definition) is 7. The molecule has 0 atom stereocenters. The van der Waals surface area contributed by atoms with Crippen molar-refractivity contribution in [3.63, 3.8) is 0 Å². The monoisotopic (exact) mass is 537 g/mol. The molecule has 0 aliphatic carbocycles. The van der Waals surface area contributed by atoms with Gasteiger partial charge in [-0.25, -0.2) is 4.79 Å². The summed E-state index contributed by atoms with van der Waals surface area (Å²) in [6.07, 6.45) is 0. The molecule has 8 nitrogen and oxygen atoms in total. The van der Waals surface area contributed by atoms with Crippen molar-refractivity contribution in [2.45, 2.75) is 0 Å². The highest BCUT2D eigenvalue weighted by molar-refractivity contribution is 6.06. The number of benzene rings is 5. The maximum absolute atomic E-state index is 12.8. The fourth-order valence-corrected chi connectivity index (χ4v) is 4.12. The number of rotatable bonds is 10. The van der Waals surface area contributed by atoms with Gasteiger partial charge in [-0.2, -0.15) is 0 Å². The Labute approximate surface area is 231 Å². The van der Waals surface area contributed by atoms with Crippen LogP contribution in [0.4, 0.5) is 5.69 Å². The minimum absolute atomic E-state index is 0.161. The van der Waals surface area contributed by atoms with Crippen molar-refractivity contribution in [3.8, 4) is 17.2 Å². The molecular formula is C32H27NO7. The van der Waals surface area contributed by atoms with Gasteiger partial charge >= 0.3 is 5.97 Å². The summed E-state index contributed by atoms with van der Waals surface area (Å²) < 4.78 is 26.3. The second kappa shape index (κ2) is 12.3. The molecule has 5 aromatic rings. The van der Waals surface area contributed by atoms with Crippen LogP contribution in [0.5, 0.6) is 17.2 Å². The summed E-state index contributed by atoms with van der Waals surface area (Å²) in [7, 11) is 3.13. The van der Waals surface area contributed by atoms with Crippen LogP contribution in [0.3, 0.4) is 0 Å². The van der Waals surface area contributed by atoms with E-state index in [0.717, 1.165) is 21.5 Å². The van der Waals surface area contributed by atoms with E-state index in [9.17, 15) is 9.59 Å². The highest BCUT2D eigenvalue weighted by atomic mass is 16.7. The van der Waals surface area contributed by atoms with Gasteiger partial charge in [0, 0.05) is 25.5 Å². The molecule has 0 spiro atoms. The molecule has 0 saturated heterocycles. The van der Waals surface area contributed by atoms with Gasteiger partial charge in [-0.05, 0) is 94.3 Å². The summed E-state index contributed by atoms with van der Waals surface area (Å²) >= 11 is 0. The van der Waals surface area contributed by atoms with Crippen molar-refractivity contribution >= 4 is 39.1 Å². The van der Waals surface area contributed by atoms with E-state index in [1.54, 1.807) is 56.7 Å². The van der Waals surface area contributed by atoms with Gasteiger partial charge in [0.05, 0.1) is 5.56 Å². The number of carbonyl (C=O) groups excluding carboxylic acids is 2. The second-order valence-corrected chi connectivity index (χ2v) is 8.92. The van der Waals surface area contributed by atoms with Gasteiger partial charge < -0.3 is 29.0 Å². The lowest BCUT2D eigenvalue weighted by molar-refractivity contribution is 0.0510. The molecule has 5 rings (SSSR count). The average Bonchev–Trinajstić information content (AvgIpc) is 2.99. The van der Waals surface area contributed by atoms with Crippen molar-refractivity contribution < 1.29 is 33.3 Å². The zero-order chi connectivity index (χ0) is 27.9. The van der Waals surface area contributed by atoms with Gasteiger partial charge in [-0.3, -0.25) is 4.79 Å². The number of hydrogen-bond donors (Lipinski definition) is 1. The van der Waals surface area contributed by atoms with E-state index in [1.807, 2.05) is 54.6 Å². The number of esters is 1. The Morgan fingerprint density at radius 3 is 1.62 bits per heavy atom. The number of carbonyl (C=O) groups is 2. The van der Waals surface area contributed by atoms with Gasteiger partial charge in [-0.1, -0.05) is 24.3 Å². The molecule has 0 aliphatic rings. The highest BCUT2D eigenvalue weighted by Crippen LogP contribution is 2.25. The maximum Gasteiger partial charge on any atom is 0.343 e. The van der Waals surface area contributed by atoms with Gasteiger partial charge in [0.15, 0.2) is 13.6 Å². The third-order valence-corrected chi connectivity index (χ3v) is 6.13. The lowest BCUT2D eigenvalue weighted by Gasteiger charge is -2.10. The molecule has 0 bridgehead atoms. The summed E-state index contributed by atoms with van der Waals surface area (Å²) in [5.74, 6) is 1.00. The van der Waals surface area contributed by atoms with Crippen molar-refractivity contribution in [3.05, 3.63) is 108 Å². The molecule has 0 radical (unpaired) electrons. The molecule has 8 heteroatoms. The van der Waals surface area contributed by atoms with Gasteiger partial charge in [-0.15, -0.1) is 0 Å². The average molecular weight is 538 g/mol. The Morgan fingerprint density at radius 1 is 0.575 bits per heavy atom. The van der Waals surface area contributed by atoms with Crippen LogP contribution < -0.4 is 19.5 Å². The van der Waals surface area contributed by atoms with Crippen molar-refractivity contribution in [1.29, 1.82) is 0 Å². The smallest absolute Gasteiger partial charge is 0.343 e. The number of fused-ring (bicyclic) bond motifs is 2. The second-order valence-electron chi connectivity index (χ2n) is 8.92. The van der Waals surface area contributed by atoms with E-state index < -0.39 is 5.97 Å². The standard InChI is InChI=1S/C32H27NO7/c1-36-19-38-29-11-7-21-15-25(5-3-23(21)17-29)31(34)33-27-9-13-28(14-10-27)40-32(35)26-6-4-24-18-30(39-20-37-2)12-8-22(24)16-26/h3-18H,19-20H2,1-2H3,(H,33,34). The first kappa shape index (κ1) is 26.7. The van der Waals surface area contributed by atoms with Crippen LogP contribution in [0, 0.1) is 0 Å². The molecular weight excluding hydrogens is 510 g/mol. The number of ether oxygens (including phenoxy) is 5. The molecule has 202 valence electrons. The first-order valence-electron chi connectivity index (χ1n) is 12.5. The summed E-state index contributed by atoms with van der Waals surface area (Å²) in [4.78, 5) is 25.6. The molecule has 1 amide bonds. The lowest BCUT2D eigenvalue weighted by Crippen LogP contribution is -2.12. The van der Waals surface area contributed by atoms with Crippen LogP contribution in [0.15, 0.2) is 97.1 Å². The number of nitrogens with one attached hydrogen (secondary N) is 1. The van der Waals surface area contributed by atoms with Crippen LogP contribution in [0.25, 0.3) is 21.5 Å². The van der Waals surface area contributed by atoms with E-state index in [1.165, 1.54) is 0 Å². The molecule has 0 aromatic heterocycles. The molecule has 0 unspecified atom stereocenters. The molecule has 0 fully saturated rings. The van der Waals surface area contributed by atoms with E-state index >= 15 is 0 Å². The Morgan fingerprint density at radius 2 is 1.05 bits per heavy atom. The lowest BCUT2D eigenvalue weighted by atomic mass is 10.1. The minimum Gasteiger partial charge on any atom is -0.468 e.